The van der Waals surface area contributed by atoms with Crippen LogP contribution in [0.5, 0.6) is 0 Å². The normalized spacial score (nSPS) is 12.3. The first-order chi connectivity index (χ1) is 11.4. The highest BCUT2D eigenvalue weighted by molar-refractivity contribution is 9.10. The number of rotatable bonds is 3. The van der Waals surface area contributed by atoms with E-state index in [2.05, 4.69) is 26.2 Å². The minimum atomic E-state index is -0.655. The van der Waals surface area contributed by atoms with Crippen LogP contribution in [0.4, 0.5) is 5.69 Å². The molecule has 3 rings (SSSR count). The summed E-state index contributed by atoms with van der Waals surface area (Å²) < 4.78 is 2.32. The van der Waals surface area contributed by atoms with E-state index in [0.29, 0.717) is 15.9 Å². The summed E-state index contributed by atoms with van der Waals surface area (Å²) in [5, 5.41) is 3.42. The Morgan fingerprint density at radius 2 is 1.96 bits per heavy atom. The van der Waals surface area contributed by atoms with Gasteiger partial charge in [-0.05, 0) is 50.6 Å². The van der Waals surface area contributed by atoms with E-state index in [-0.39, 0.29) is 11.5 Å². The highest BCUT2D eigenvalue weighted by Crippen LogP contribution is 2.26. The number of fused-ring (bicyclic) bond motifs is 1. The van der Waals surface area contributed by atoms with Crippen molar-refractivity contribution in [2.24, 2.45) is 0 Å². The van der Waals surface area contributed by atoms with Gasteiger partial charge in [0, 0.05) is 15.0 Å². The maximum absolute atomic E-state index is 12.7. The van der Waals surface area contributed by atoms with Crippen molar-refractivity contribution in [1.29, 1.82) is 0 Å². The number of nitrogens with zero attached hydrogens (tertiary/aromatic N) is 2. The minimum absolute atomic E-state index is 0.180. The molecule has 0 radical (unpaired) electrons. The zero-order chi connectivity index (χ0) is 17.4. The third kappa shape index (κ3) is 3.01. The lowest BCUT2D eigenvalue weighted by molar-refractivity contribution is -0.118. The van der Waals surface area contributed by atoms with Gasteiger partial charge in [0.1, 0.15) is 10.9 Å². The van der Waals surface area contributed by atoms with Crippen LogP contribution in [0.3, 0.4) is 0 Å². The Hall–Kier alpha value is -1.99. The number of benzene rings is 1. The van der Waals surface area contributed by atoms with Crippen LogP contribution >= 0.6 is 27.3 Å². The number of halogens is 1. The van der Waals surface area contributed by atoms with Crippen LogP contribution in [0, 0.1) is 13.8 Å². The molecular weight excluding hydrogens is 390 g/mol. The van der Waals surface area contributed by atoms with Crippen molar-refractivity contribution in [3.63, 3.8) is 0 Å². The highest BCUT2D eigenvalue weighted by Gasteiger charge is 2.20. The zero-order valence-corrected chi connectivity index (χ0v) is 15.9. The van der Waals surface area contributed by atoms with Crippen molar-refractivity contribution in [1.82, 2.24) is 9.55 Å². The minimum Gasteiger partial charge on any atom is -0.324 e. The molecule has 0 aliphatic carbocycles. The molecule has 0 unspecified atom stereocenters. The molecule has 1 N–H and O–H groups in total. The Morgan fingerprint density at radius 3 is 2.62 bits per heavy atom. The molecule has 3 aromatic rings. The summed E-state index contributed by atoms with van der Waals surface area (Å²) >= 11 is 4.85. The summed E-state index contributed by atoms with van der Waals surface area (Å²) in [5.41, 5.74) is 1.43. The molecule has 0 fully saturated rings. The van der Waals surface area contributed by atoms with Gasteiger partial charge in [0.05, 0.1) is 11.7 Å². The van der Waals surface area contributed by atoms with Crippen LogP contribution in [0.1, 0.15) is 23.4 Å². The summed E-state index contributed by atoms with van der Waals surface area (Å²) in [6, 6.07) is 6.63. The smallest absolute Gasteiger partial charge is 0.263 e. The molecule has 24 heavy (non-hydrogen) atoms. The fraction of sp³-hybridized carbons (Fsp3) is 0.235. The first-order valence-corrected chi connectivity index (χ1v) is 9.02. The second kappa shape index (κ2) is 6.49. The van der Waals surface area contributed by atoms with Crippen LogP contribution in [0.2, 0.25) is 0 Å². The van der Waals surface area contributed by atoms with Crippen molar-refractivity contribution in [2.45, 2.75) is 26.8 Å². The van der Waals surface area contributed by atoms with Gasteiger partial charge in [0.2, 0.25) is 5.91 Å². The van der Waals surface area contributed by atoms with Crippen molar-refractivity contribution in [3.05, 3.63) is 55.9 Å². The Kier molecular flexibility index (Phi) is 4.56. The average molecular weight is 406 g/mol. The van der Waals surface area contributed by atoms with E-state index in [1.165, 1.54) is 22.2 Å². The molecule has 5 nitrogen and oxygen atoms in total. The van der Waals surface area contributed by atoms with E-state index >= 15 is 0 Å². The standard InChI is InChI=1S/C17H16BrN3O2S/c1-9-11(3)24-16-14(9)17(23)21(8-19-16)10(2)15(22)20-13-6-4-12(18)5-7-13/h4-8,10H,1-3H3,(H,20,22)/t10-/m0/s1. The van der Waals surface area contributed by atoms with Gasteiger partial charge in [-0.1, -0.05) is 15.9 Å². The molecule has 2 heterocycles. The van der Waals surface area contributed by atoms with Gasteiger partial charge < -0.3 is 5.32 Å². The van der Waals surface area contributed by atoms with Crippen LogP contribution in [-0.2, 0) is 4.79 Å². The molecule has 7 heteroatoms. The summed E-state index contributed by atoms with van der Waals surface area (Å²) in [7, 11) is 0. The second-order valence-electron chi connectivity index (χ2n) is 5.59. The van der Waals surface area contributed by atoms with Crippen LogP contribution in [-0.4, -0.2) is 15.5 Å². The molecule has 0 saturated heterocycles. The zero-order valence-electron chi connectivity index (χ0n) is 13.5. The van der Waals surface area contributed by atoms with Gasteiger partial charge in [-0.25, -0.2) is 4.98 Å². The van der Waals surface area contributed by atoms with Crippen molar-refractivity contribution in [3.8, 4) is 0 Å². The Morgan fingerprint density at radius 1 is 1.29 bits per heavy atom. The molecule has 124 valence electrons. The number of amides is 1. The van der Waals surface area contributed by atoms with E-state index in [1.54, 1.807) is 19.1 Å². The number of anilines is 1. The summed E-state index contributed by atoms with van der Waals surface area (Å²) in [4.78, 5) is 31.3. The molecule has 0 aliphatic rings. The Bertz CT molecular complexity index is 976. The van der Waals surface area contributed by atoms with Crippen molar-refractivity contribution < 1.29 is 4.79 Å². The van der Waals surface area contributed by atoms with E-state index in [9.17, 15) is 9.59 Å². The van der Waals surface area contributed by atoms with Gasteiger partial charge in [-0.2, -0.15) is 0 Å². The quantitative estimate of drug-likeness (QED) is 0.714. The van der Waals surface area contributed by atoms with E-state index in [1.807, 2.05) is 26.0 Å². The summed E-state index contributed by atoms with van der Waals surface area (Å²) in [6.45, 7) is 5.57. The number of carbonyl (C=O) groups is 1. The van der Waals surface area contributed by atoms with Gasteiger partial charge in [-0.15, -0.1) is 11.3 Å². The molecule has 0 spiro atoms. The molecule has 1 amide bonds. The third-order valence-electron chi connectivity index (χ3n) is 4.02. The average Bonchev–Trinajstić information content (AvgIpc) is 2.85. The lowest BCUT2D eigenvalue weighted by Gasteiger charge is -2.15. The monoisotopic (exact) mass is 405 g/mol. The lowest BCUT2D eigenvalue weighted by atomic mass is 10.2. The SMILES string of the molecule is Cc1sc2ncn([C@@H](C)C(=O)Nc3ccc(Br)cc3)c(=O)c2c1C. The van der Waals surface area contributed by atoms with Crippen LogP contribution in [0.25, 0.3) is 10.2 Å². The highest BCUT2D eigenvalue weighted by atomic mass is 79.9. The fourth-order valence-electron chi connectivity index (χ4n) is 2.43. The fourth-order valence-corrected chi connectivity index (χ4v) is 3.68. The van der Waals surface area contributed by atoms with E-state index in [4.69, 9.17) is 0 Å². The van der Waals surface area contributed by atoms with Gasteiger partial charge in [0.25, 0.3) is 5.56 Å². The summed E-state index contributed by atoms with van der Waals surface area (Å²) in [6.07, 6.45) is 1.45. The van der Waals surface area contributed by atoms with Crippen LogP contribution in [0.15, 0.2) is 39.9 Å². The Balaban J connectivity index is 1.93. The third-order valence-corrected chi connectivity index (χ3v) is 5.67. The number of aromatic nitrogens is 2. The van der Waals surface area contributed by atoms with Gasteiger partial charge in [0.15, 0.2) is 0 Å². The number of thiophene rings is 1. The molecule has 2 aromatic heterocycles. The van der Waals surface area contributed by atoms with E-state index in [0.717, 1.165) is 14.9 Å². The molecule has 0 bridgehead atoms. The van der Waals surface area contributed by atoms with Crippen molar-refractivity contribution in [2.75, 3.05) is 5.32 Å². The van der Waals surface area contributed by atoms with Gasteiger partial charge >= 0.3 is 0 Å². The van der Waals surface area contributed by atoms with Crippen LogP contribution < -0.4 is 10.9 Å². The lowest BCUT2D eigenvalue weighted by Crippen LogP contribution is -2.31. The molecule has 0 aliphatic heterocycles. The van der Waals surface area contributed by atoms with Gasteiger partial charge in [-0.3, -0.25) is 14.2 Å². The second-order valence-corrected chi connectivity index (χ2v) is 7.71. The number of aryl methyl sites for hydroxylation is 2. The largest absolute Gasteiger partial charge is 0.324 e. The molecule has 0 saturated carbocycles. The first-order valence-electron chi connectivity index (χ1n) is 7.41. The molecule has 1 atom stereocenters. The number of hydrogen-bond donors (Lipinski definition) is 1. The summed E-state index contributed by atoms with van der Waals surface area (Å²) in [5.74, 6) is -0.259. The maximum atomic E-state index is 12.7. The predicted octanol–water partition coefficient (Wildman–Crippen LogP) is 4.04. The molecule has 1 aromatic carbocycles. The Labute approximate surface area is 151 Å². The number of carbonyl (C=O) groups excluding carboxylic acids is 1. The molecular formula is C17H16BrN3O2S. The number of hydrogen-bond acceptors (Lipinski definition) is 4. The topological polar surface area (TPSA) is 64.0 Å². The first kappa shape index (κ1) is 16.9. The van der Waals surface area contributed by atoms with E-state index < -0.39 is 6.04 Å². The maximum Gasteiger partial charge on any atom is 0.263 e. The van der Waals surface area contributed by atoms with Crippen molar-refractivity contribution >= 4 is 49.1 Å². The predicted molar refractivity (Wildman–Crippen MR) is 101 cm³/mol. The number of nitrogens with one attached hydrogen (secondary N) is 1.